The van der Waals surface area contributed by atoms with Crippen molar-refractivity contribution < 1.29 is 14.6 Å². The highest BCUT2D eigenvalue weighted by Crippen LogP contribution is 2.13. The van der Waals surface area contributed by atoms with E-state index in [2.05, 4.69) is 0 Å². The van der Waals surface area contributed by atoms with E-state index >= 15 is 0 Å². The van der Waals surface area contributed by atoms with Crippen LogP contribution in [0.1, 0.15) is 33.1 Å². The lowest BCUT2D eigenvalue weighted by Gasteiger charge is -2.24. The van der Waals surface area contributed by atoms with E-state index in [0.717, 1.165) is 13.0 Å². The summed E-state index contributed by atoms with van der Waals surface area (Å²) in [6.45, 7) is 5.10. The molecule has 0 saturated carbocycles. The molecule has 1 aliphatic rings. The standard InChI is InChI=1S/C10H20O3/c1-8(11)9(2)13-7-10-5-3-4-6-12-10/h8-11H,3-7H2,1-2H3. The second kappa shape index (κ2) is 5.58. The average Bonchev–Trinajstić information content (AvgIpc) is 2.15. The van der Waals surface area contributed by atoms with Gasteiger partial charge in [-0.1, -0.05) is 0 Å². The zero-order valence-electron chi connectivity index (χ0n) is 8.53. The van der Waals surface area contributed by atoms with Crippen LogP contribution in [0.3, 0.4) is 0 Å². The maximum atomic E-state index is 9.18. The maximum Gasteiger partial charge on any atom is 0.0808 e. The van der Waals surface area contributed by atoms with Gasteiger partial charge < -0.3 is 14.6 Å². The largest absolute Gasteiger partial charge is 0.391 e. The van der Waals surface area contributed by atoms with Gasteiger partial charge in [0.05, 0.1) is 24.9 Å². The fourth-order valence-corrected chi connectivity index (χ4v) is 1.34. The summed E-state index contributed by atoms with van der Waals surface area (Å²) >= 11 is 0. The average molecular weight is 188 g/mol. The molecule has 3 unspecified atom stereocenters. The van der Waals surface area contributed by atoms with Gasteiger partial charge >= 0.3 is 0 Å². The Morgan fingerprint density at radius 1 is 1.46 bits per heavy atom. The SMILES string of the molecule is CC(O)C(C)OCC1CCCCO1. The summed E-state index contributed by atoms with van der Waals surface area (Å²) in [6.07, 6.45) is 3.25. The summed E-state index contributed by atoms with van der Waals surface area (Å²) in [7, 11) is 0. The first kappa shape index (κ1) is 11.0. The van der Waals surface area contributed by atoms with Gasteiger partial charge in [-0.3, -0.25) is 0 Å². The number of aliphatic hydroxyl groups excluding tert-OH is 1. The number of hydrogen-bond donors (Lipinski definition) is 1. The zero-order valence-corrected chi connectivity index (χ0v) is 8.53. The summed E-state index contributed by atoms with van der Waals surface area (Å²) < 4.78 is 11.0. The normalized spacial score (nSPS) is 28.4. The summed E-state index contributed by atoms with van der Waals surface area (Å²) in [4.78, 5) is 0. The summed E-state index contributed by atoms with van der Waals surface area (Å²) in [5.74, 6) is 0. The number of ether oxygens (including phenoxy) is 2. The molecule has 0 aliphatic carbocycles. The van der Waals surface area contributed by atoms with Crippen LogP contribution in [0.4, 0.5) is 0 Å². The molecule has 0 bridgehead atoms. The molecule has 1 rings (SSSR count). The molecule has 13 heavy (non-hydrogen) atoms. The highest BCUT2D eigenvalue weighted by atomic mass is 16.5. The van der Waals surface area contributed by atoms with Crippen molar-refractivity contribution in [2.75, 3.05) is 13.2 Å². The van der Waals surface area contributed by atoms with Gasteiger partial charge in [0.15, 0.2) is 0 Å². The Bertz CT molecular complexity index is 130. The predicted octanol–water partition coefficient (Wildman–Crippen LogP) is 1.34. The molecule has 3 nitrogen and oxygen atoms in total. The first-order valence-electron chi connectivity index (χ1n) is 5.11. The van der Waals surface area contributed by atoms with Crippen LogP contribution in [0.15, 0.2) is 0 Å². The van der Waals surface area contributed by atoms with Gasteiger partial charge in [0.25, 0.3) is 0 Å². The molecule has 0 radical (unpaired) electrons. The fraction of sp³-hybridized carbons (Fsp3) is 1.00. The number of aliphatic hydroxyl groups is 1. The lowest BCUT2D eigenvalue weighted by molar-refractivity contribution is -0.0841. The third-order valence-corrected chi connectivity index (χ3v) is 2.50. The van der Waals surface area contributed by atoms with E-state index in [4.69, 9.17) is 9.47 Å². The van der Waals surface area contributed by atoms with Crippen LogP contribution >= 0.6 is 0 Å². The van der Waals surface area contributed by atoms with Crippen molar-refractivity contribution in [3.63, 3.8) is 0 Å². The van der Waals surface area contributed by atoms with Crippen molar-refractivity contribution in [1.82, 2.24) is 0 Å². The van der Waals surface area contributed by atoms with Crippen molar-refractivity contribution in [3.05, 3.63) is 0 Å². The molecule has 1 N–H and O–H groups in total. The summed E-state index contributed by atoms with van der Waals surface area (Å²) in [5, 5.41) is 9.18. The van der Waals surface area contributed by atoms with Crippen LogP contribution in [0.2, 0.25) is 0 Å². The lowest BCUT2D eigenvalue weighted by atomic mass is 10.1. The van der Waals surface area contributed by atoms with Crippen LogP contribution in [-0.2, 0) is 9.47 Å². The van der Waals surface area contributed by atoms with Crippen molar-refractivity contribution in [2.24, 2.45) is 0 Å². The second-order valence-electron chi connectivity index (χ2n) is 3.77. The third kappa shape index (κ3) is 4.07. The van der Waals surface area contributed by atoms with E-state index in [1.807, 2.05) is 6.92 Å². The van der Waals surface area contributed by atoms with Gasteiger partial charge in [0.1, 0.15) is 0 Å². The Kier molecular flexibility index (Phi) is 4.70. The fourth-order valence-electron chi connectivity index (χ4n) is 1.34. The molecular formula is C10H20O3. The minimum atomic E-state index is -0.399. The van der Waals surface area contributed by atoms with E-state index < -0.39 is 6.10 Å². The molecule has 0 amide bonds. The zero-order chi connectivity index (χ0) is 9.68. The van der Waals surface area contributed by atoms with E-state index in [-0.39, 0.29) is 12.2 Å². The van der Waals surface area contributed by atoms with E-state index in [1.54, 1.807) is 6.92 Å². The quantitative estimate of drug-likeness (QED) is 0.723. The van der Waals surface area contributed by atoms with Crippen LogP contribution in [-0.4, -0.2) is 36.6 Å². The van der Waals surface area contributed by atoms with Crippen LogP contribution in [0.5, 0.6) is 0 Å². The van der Waals surface area contributed by atoms with Gasteiger partial charge in [-0.2, -0.15) is 0 Å². The molecule has 78 valence electrons. The van der Waals surface area contributed by atoms with E-state index in [1.165, 1.54) is 12.8 Å². The van der Waals surface area contributed by atoms with Gasteiger partial charge in [-0.25, -0.2) is 0 Å². The molecule has 1 aliphatic heterocycles. The highest BCUT2D eigenvalue weighted by Gasteiger charge is 2.16. The van der Waals surface area contributed by atoms with Gasteiger partial charge in [0.2, 0.25) is 0 Å². The Labute approximate surface area is 80.0 Å². The van der Waals surface area contributed by atoms with Crippen molar-refractivity contribution in [2.45, 2.75) is 51.4 Å². The van der Waals surface area contributed by atoms with E-state index in [9.17, 15) is 5.11 Å². The van der Waals surface area contributed by atoms with Gasteiger partial charge in [-0.05, 0) is 33.1 Å². The Hall–Kier alpha value is -0.120. The summed E-state index contributed by atoms with van der Waals surface area (Å²) in [6, 6.07) is 0. The molecule has 1 fully saturated rings. The van der Waals surface area contributed by atoms with Gasteiger partial charge in [-0.15, -0.1) is 0 Å². The monoisotopic (exact) mass is 188 g/mol. The molecule has 0 aromatic heterocycles. The van der Waals surface area contributed by atoms with Crippen molar-refractivity contribution in [3.8, 4) is 0 Å². The van der Waals surface area contributed by atoms with Crippen molar-refractivity contribution in [1.29, 1.82) is 0 Å². The van der Waals surface area contributed by atoms with Crippen LogP contribution in [0.25, 0.3) is 0 Å². The molecule has 1 saturated heterocycles. The molecule has 1 heterocycles. The van der Waals surface area contributed by atoms with Crippen molar-refractivity contribution >= 4 is 0 Å². The molecule has 0 spiro atoms. The smallest absolute Gasteiger partial charge is 0.0808 e. The number of hydrogen-bond acceptors (Lipinski definition) is 3. The molecule has 0 aromatic carbocycles. The molecule has 3 heteroatoms. The first-order valence-corrected chi connectivity index (χ1v) is 5.11. The maximum absolute atomic E-state index is 9.18. The highest BCUT2D eigenvalue weighted by molar-refractivity contribution is 4.65. The number of rotatable bonds is 4. The third-order valence-electron chi connectivity index (χ3n) is 2.50. The minimum absolute atomic E-state index is 0.0921. The Balaban J connectivity index is 2.10. The van der Waals surface area contributed by atoms with Crippen LogP contribution in [0, 0.1) is 0 Å². The van der Waals surface area contributed by atoms with Gasteiger partial charge in [0, 0.05) is 6.61 Å². The first-order chi connectivity index (χ1) is 6.20. The summed E-state index contributed by atoms with van der Waals surface area (Å²) in [5.41, 5.74) is 0. The van der Waals surface area contributed by atoms with Crippen LogP contribution < -0.4 is 0 Å². The predicted molar refractivity (Wildman–Crippen MR) is 50.7 cm³/mol. The second-order valence-corrected chi connectivity index (χ2v) is 3.77. The Morgan fingerprint density at radius 3 is 2.77 bits per heavy atom. The topological polar surface area (TPSA) is 38.7 Å². The molecular weight excluding hydrogens is 168 g/mol. The minimum Gasteiger partial charge on any atom is -0.391 e. The van der Waals surface area contributed by atoms with E-state index in [0.29, 0.717) is 6.61 Å². The molecule has 3 atom stereocenters. The lowest BCUT2D eigenvalue weighted by Crippen LogP contribution is -2.30. The molecule has 0 aromatic rings. The Morgan fingerprint density at radius 2 is 2.23 bits per heavy atom.